The van der Waals surface area contributed by atoms with E-state index in [0.29, 0.717) is 11.3 Å². The fourth-order valence-corrected chi connectivity index (χ4v) is 1.42. The number of carbonyl (C=O) groups is 1. The average Bonchev–Trinajstić information content (AvgIpc) is 2.36. The molecule has 2 rings (SSSR count). The number of hydrogen-bond acceptors (Lipinski definition) is 2. The highest BCUT2D eigenvalue weighted by Crippen LogP contribution is 2.53. The zero-order valence-corrected chi connectivity index (χ0v) is 4.68. The first kappa shape index (κ1) is 4.50. The summed E-state index contributed by atoms with van der Waals surface area (Å²) in [5, 5.41) is 3.17. The number of carbonyl (C=O) groups excluding carboxylic acids is 1. The molecule has 2 nitrogen and oxygen atoms in total. The second-order valence-electron chi connectivity index (χ2n) is 2.91. The Morgan fingerprint density at radius 2 is 2.38 bits per heavy atom. The lowest BCUT2D eigenvalue weighted by Gasteiger charge is -2.27. The molecule has 1 aliphatic heterocycles. The first-order valence-corrected chi connectivity index (χ1v) is 3.03. The molecule has 0 aromatic rings. The quantitative estimate of drug-likeness (QED) is 0.474. The monoisotopic (exact) mass is 111 g/mol. The number of aldehydes is 1. The Bertz CT molecular complexity index is 128. The van der Waals surface area contributed by atoms with E-state index in [4.69, 9.17) is 0 Å². The lowest BCUT2D eigenvalue weighted by molar-refractivity contribution is -0.109. The van der Waals surface area contributed by atoms with Crippen LogP contribution in [0.15, 0.2) is 0 Å². The van der Waals surface area contributed by atoms with Gasteiger partial charge in [0, 0.05) is 24.4 Å². The maximum absolute atomic E-state index is 10.1. The number of hydrogen-bond donors (Lipinski definition) is 1. The highest BCUT2D eigenvalue weighted by Gasteiger charge is 2.57. The summed E-state index contributed by atoms with van der Waals surface area (Å²) in [6, 6.07) is 0. The van der Waals surface area contributed by atoms with Crippen LogP contribution >= 0.6 is 0 Å². The molecule has 0 aromatic carbocycles. The Hall–Kier alpha value is -0.370. The Labute approximate surface area is 48.3 Å². The van der Waals surface area contributed by atoms with Crippen LogP contribution in [0.25, 0.3) is 0 Å². The zero-order chi connectivity index (χ0) is 5.61. The van der Waals surface area contributed by atoms with Crippen molar-refractivity contribution in [3.63, 3.8) is 0 Å². The highest BCUT2D eigenvalue weighted by atomic mass is 16.1. The van der Waals surface area contributed by atoms with E-state index in [1.54, 1.807) is 0 Å². The topological polar surface area (TPSA) is 29.1 Å². The molecule has 1 unspecified atom stereocenters. The predicted molar refractivity (Wildman–Crippen MR) is 29.5 cm³/mol. The third-order valence-corrected chi connectivity index (χ3v) is 2.37. The Morgan fingerprint density at radius 3 is 2.50 bits per heavy atom. The van der Waals surface area contributed by atoms with E-state index in [9.17, 15) is 4.79 Å². The molecule has 1 saturated heterocycles. The van der Waals surface area contributed by atoms with Crippen molar-refractivity contribution in [2.24, 2.45) is 11.3 Å². The fourth-order valence-electron chi connectivity index (χ4n) is 1.42. The van der Waals surface area contributed by atoms with Crippen LogP contribution in [0.1, 0.15) is 6.42 Å². The summed E-state index contributed by atoms with van der Waals surface area (Å²) in [7, 11) is 0. The van der Waals surface area contributed by atoms with Gasteiger partial charge in [0.05, 0.1) is 0 Å². The van der Waals surface area contributed by atoms with E-state index in [-0.39, 0.29) is 0 Å². The van der Waals surface area contributed by atoms with Gasteiger partial charge in [-0.2, -0.15) is 0 Å². The fraction of sp³-hybridized carbons (Fsp3) is 0.833. The first-order chi connectivity index (χ1) is 3.87. The van der Waals surface area contributed by atoms with E-state index >= 15 is 0 Å². The van der Waals surface area contributed by atoms with E-state index in [1.807, 2.05) is 0 Å². The zero-order valence-electron chi connectivity index (χ0n) is 4.68. The van der Waals surface area contributed by atoms with Crippen molar-refractivity contribution in [1.82, 2.24) is 5.32 Å². The Kier molecular flexibility index (Phi) is 0.637. The Balaban J connectivity index is 2.02. The molecule has 1 N–H and O–H groups in total. The SMILES string of the molecule is O=CC1CC12CNC2. The van der Waals surface area contributed by atoms with Crippen LogP contribution in [0.3, 0.4) is 0 Å². The summed E-state index contributed by atoms with van der Waals surface area (Å²) in [5.74, 6) is 0.406. The van der Waals surface area contributed by atoms with Gasteiger partial charge < -0.3 is 10.1 Å². The highest BCUT2D eigenvalue weighted by molar-refractivity contribution is 5.61. The molecule has 0 amide bonds. The van der Waals surface area contributed by atoms with Gasteiger partial charge in [0.25, 0.3) is 0 Å². The minimum absolute atomic E-state index is 0.406. The van der Waals surface area contributed by atoms with E-state index in [0.717, 1.165) is 25.8 Å². The molecule has 2 aliphatic rings. The third-order valence-electron chi connectivity index (χ3n) is 2.37. The molecule has 2 fully saturated rings. The summed E-state index contributed by atoms with van der Waals surface area (Å²) < 4.78 is 0. The van der Waals surface area contributed by atoms with Crippen molar-refractivity contribution in [2.45, 2.75) is 6.42 Å². The van der Waals surface area contributed by atoms with Gasteiger partial charge in [-0.15, -0.1) is 0 Å². The molecule has 0 radical (unpaired) electrons. The number of nitrogens with one attached hydrogen (secondary N) is 1. The molecule has 0 bridgehead atoms. The van der Waals surface area contributed by atoms with Crippen LogP contribution in [0.2, 0.25) is 0 Å². The molecule has 2 heteroatoms. The maximum Gasteiger partial charge on any atom is 0.123 e. The normalized spacial score (nSPS) is 38.8. The largest absolute Gasteiger partial charge is 0.315 e. The molecule has 1 aliphatic carbocycles. The smallest absolute Gasteiger partial charge is 0.123 e. The van der Waals surface area contributed by atoms with Crippen molar-refractivity contribution in [3.05, 3.63) is 0 Å². The molecule has 1 atom stereocenters. The minimum Gasteiger partial charge on any atom is -0.315 e. The van der Waals surface area contributed by atoms with Crippen LogP contribution in [-0.2, 0) is 4.79 Å². The van der Waals surface area contributed by atoms with Gasteiger partial charge in [-0.05, 0) is 6.42 Å². The van der Waals surface area contributed by atoms with Crippen LogP contribution in [-0.4, -0.2) is 19.4 Å². The molecule has 1 heterocycles. The lowest BCUT2D eigenvalue weighted by atomic mass is 9.97. The van der Waals surface area contributed by atoms with Gasteiger partial charge >= 0.3 is 0 Å². The van der Waals surface area contributed by atoms with Crippen molar-refractivity contribution in [3.8, 4) is 0 Å². The minimum atomic E-state index is 0.406. The molecular weight excluding hydrogens is 102 g/mol. The molecular formula is C6H9NO. The van der Waals surface area contributed by atoms with E-state index in [2.05, 4.69) is 5.32 Å². The third kappa shape index (κ3) is 0.348. The van der Waals surface area contributed by atoms with Gasteiger partial charge in [-0.1, -0.05) is 0 Å². The summed E-state index contributed by atoms with van der Waals surface area (Å²) in [5.41, 5.74) is 0.460. The van der Waals surface area contributed by atoms with Crippen molar-refractivity contribution >= 4 is 6.29 Å². The van der Waals surface area contributed by atoms with Gasteiger partial charge in [-0.25, -0.2) is 0 Å². The molecule has 8 heavy (non-hydrogen) atoms. The van der Waals surface area contributed by atoms with Gasteiger partial charge in [0.1, 0.15) is 6.29 Å². The molecule has 1 spiro atoms. The molecule has 44 valence electrons. The Morgan fingerprint density at radius 1 is 1.62 bits per heavy atom. The molecule has 0 aromatic heterocycles. The summed E-state index contributed by atoms with van der Waals surface area (Å²) in [6.45, 7) is 2.16. The van der Waals surface area contributed by atoms with E-state index in [1.165, 1.54) is 0 Å². The average molecular weight is 111 g/mol. The van der Waals surface area contributed by atoms with Gasteiger partial charge in [0.15, 0.2) is 0 Å². The van der Waals surface area contributed by atoms with Crippen LogP contribution in [0, 0.1) is 11.3 Å². The predicted octanol–water partition coefficient (Wildman–Crippen LogP) is -0.205. The molecule has 1 saturated carbocycles. The summed E-state index contributed by atoms with van der Waals surface area (Å²) >= 11 is 0. The summed E-state index contributed by atoms with van der Waals surface area (Å²) in [4.78, 5) is 10.1. The van der Waals surface area contributed by atoms with Crippen LogP contribution in [0.4, 0.5) is 0 Å². The lowest BCUT2D eigenvalue weighted by Crippen LogP contribution is -2.45. The second-order valence-corrected chi connectivity index (χ2v) is 2.91. The number of rotatable bonds is 1. The van der Waals surface area contributed by atoms with Crippen LogP contribution in [0.5, 0.6) is 0 Å². The van der Waals surface area contributed by atoms with Gasteiger partial charge in [-0.3, -0.25) is 0 Å². The van der Waals surface area contributed by atoms with Crippen molar-refractivity contribution in [1.29, 1.82) is 0 Å². The summed E-state index contributed by atoms with van der Waals surface area (Å²) in [6.07, 6.45) is 2.24. The second kappa shape index (κ2) is 1.13. The first-order valence-electron chi connectivity index (χ1n) is 3.03. The maximum atomic E-state index is 10.1. The van der Waals surface area contributed by atoms with Crippen LogP contribution < -0.4 is 5.32 Å². The van der Waals surface area contributed by atoms with E-state index < -0.39 is 0 Å². The van der Waals surface area contributed by atoms with Crippen molar-refractivity contribution in [2.75, 3.05) is 13.1 Å². The standard InChI is InChI=1S/C6H9NO/c8-2-5-1-6(5)3-7-4-6/h2,5,7H,1,3-4H2. The van der Waals surface area contributed by atoms with Gasteiger partial charge in [0.2, 0.25) is 0 Å². The van der Waals surface area contributed by atoms with Crippen molar-refractivity contribution < 1.29 is 4.79 Å².